The van der Waals surface area contributed by atoms with E-state index in [0.29, 0.717) is 26.1 Å². The Morgan fingerprint density at radius 1 is 1.29 bits per heavy atom. The molecule has 2 aliphatic rings. The average Bonchev–Trinajstić information content (AvgIpc) is 3.03. The number of imidazole rings is 1. The van der Waals surface area contributed by atoms with E-state index >= 15 is 0 Å². The van der Waals surface area contributed by atoms with Gasteiger partial charge in [-0.25, -0.2) is 4.79 Å². The standard InChI is InChI=1S/C21H30N4O3/c1-4-28-17-13-21(22,20(17,2)3)18(26)24-11-9-14(10-12-24)25-16-8-6-5-7-15(16)23-19(25)27/h5-8,14,17H,4,9-13,22H2,1-3H3,(H,23,27). The monoisotopic (exact) mass is 386 g/mol. The summed E-state index contributed by atoms with van der Waals surface area (Å²) in [6, 6.07) is 7.82. The van der Waals surface area contributed by atoms with Crippen LogP contribution in [0.25, 0.3) is 11.0 Å². The number of nitrogens with zero attached hydrogens (tertiary/aromatic N) is 2. The Balaban J connectivity index is 1.47. The minimum absolute atomic E-state index is 0.0122. The summed E-state index contributed by atoms with van der Waals surface area (Å²) in [6.45, 7) is 7.86. The number of likely N-dealkylation sites (tertiary alicyclic amines) is 1. The van der Waals surface area contributed by atoms with Gasteiger partial charge in [0.25, 0.3) is 0 Å². The molecular weight excluding hydrogens is 356 g/mol. The molecule has 7 nitrogen and oxygen atoms in total. The summed E-state index contributed by atoms with van der Waals surface area (Å²) >= 11 is 0. The first-order chi connectivity index (χ1) is 13.3. The number of amides is 1. The van der Waals surface area contributed by atoms with E-state index in [-0.39, 0.29) is 29.2 Å². The van der Waals surface area contributed by atoms with Crippen LogP contribution < -0.4 is 11.4 Å². The molecule has 7 heteroatoms. The molecule has 2 aromatic rings. The molecule has 0 spiro atoms. The van der Waals surface area contributed by atoms with Crippen LogP contribution >= 0.6 is 0 Å². The van der Waals surface area contributed by atoms with E-state index in [9.17, 15) is 9.59 Å². The van der Waals surface area contributed by atoms with Crippen LogP contribution in [0.2, 0.25) is 0 Å². The topological polar surface area (TPSA) is 93.3 Å². The number of aromatic amines is 1. The van der Waals surface area contributed by atoms with Crippen LogP contribution in [-0.2, 0) is 9.53 Å². The number of nitrogens with two attached hydrogens (primary N) is 1. The van der Waals surface area contributed by atoms with Crippen molar-refractivity contribution < 1.29 is 9.53 Å². The molecule has 28 heavy (non-hydrogen) atoms. The number of hydrogen-bond donors (Lipinski definition) is 2. The lowest BCUT2D eigenvalue weighted by atomic mass is 9.54. The number of hydrogen-bond acceptors (Lipinski definition) is 4. The highest BCUT2D eigenvalue weighted by Gasteiger charge is 2.63. The average molecular weight is 386 g/mol. The maximum absolute atomic E-state index is 13.2. The Kier molecular flexibility index (Phi) is 4.62. The number of para-hydroxylation sites is 2. The highest BCUT2D eigenvalue weighted by Crippen LogP contribution is 2.50. The van der Waals surface area contributed by atoms with Crippen molar-refractivity contribution in [1.82, 2.24) is 14.5 Å². The predicted octanol–water partition coefficient (Wildman–Crippen LogP) is 2.03. The highest BCUT2D eigenvalue weighted by molar-refractivity contribution is 5.89. The first kappa shape index (κ1) is 19.2. The van der Waals surface area contributed by atoms with Crippen molar-refractivity contribution in [2.75, 3.05) is 19.7 Å². The molecule has 152 valence electrons. The largest absolute Gasteiger partial charge is 0.378 e. The molecule has 4 rings (SSSR count). The molecule has 3 N–H and O–H groups in total. The van der Waals surface area contributed by atoms with Gasteiger partial charge in [-0.2, -0.15) is 0 Å². The van der Waals surface area contributed by atoms with Crippen molar-refractivity contribution in [1.29, 1.82) is 0 Å². The second-order valence-corrected chi connectivity index (χ2v) is 8.68. The fourth-order valence-corrected chi connectivity index (χ4v) is 4.84. The Hall–Kier alpha value is -2.12. The molecule has 2 unspecified atom stereocenters. The fraction of sp³-hybridized carbons (Fsp3) is 0.619. The van der Waals surface area contributed by atoms with Gasteiger partial charge in [0, 0.05) is 37.6 Å². The maximum Gasteiger partial charge on any atom is 0.326 e. The molecule has 2 atom stereocenters. The Bertz CT molecular complexity index is 939. The van der Waals surface area contributed by atoms with Crippen LogP contribution in [0.3, 0.4) is 0 Å². The van der Waals surface area contributed by atoms with E-state index in [4.69, 9.17) is 10.5 Å². The lowest BCUT2D eigenvalue weighted by Gasteiger charge is -2.59. The summed E-state index contributed by atoms with van der Waals surface area (Å²) in [5.74, 6) is 0.0122. The molecule has 0 radical (unpaired) electrons. The molecule has 1 aliphatic heterocycles. The first-order valence-corrected chi connectivity index (χ1v) is 10.2. The number of ether oxygens (including phenoxy) is 1. The van der Waals surface area contributed by atoms with Crippen LogP contribution in [0.4, 0.5) is 0 Å². The van der Waals surface area contributed by atoms with Gasteiger partial charge in [-0.15, -0.1) is 0 Å². The summed E-state index contributed by atoms with van der Waals surface area (Å²) in [5, 5.41) is 0. The van der Waals surface area contributed by atoms with Gasteiger partial charge in [-0.05, 0) is 31.9 Å². The number of carbonyl (C=O) groups is 1. The SMILES string of the molecule is CCOC1CC(N)(C(=O)N2CCC(n3c(=O)[nH]c4ccccc43)CC2)C1(C)C. The van der Waals surface area contributed by atoms with Crippen LogP contribution in [0.1, 0.15) is 46.1 Å². The second-order valence-electron chi connectivity index (χ2n) is 8.68. The molecule has 1 aliphatic carbocycles. The van der Waals surface area contributed by atoms with Crippen LogP contribution in [0, 0.1) is 5.41 Å². The summed E-state index contributed by atoms with van der Waals surface area (Å²) in [5.41, 5.74) is 7.00. The molecule has 1 saturated heterocycles. The molecular formula is C21H30N4O3. The summed E-state index contributed by atoms with van der Waals surface area (Å²) in [4.78, 5) is 30.5. The molecule has 1 saturated carbocycles. The Morgan fingerprint density at radius 3 is 2.61 bits per heavy atom. The number of nitrogens with one attached hydrogen (secondary N) is 1. The van der Waals surface area contributed by atoms with Crippen LogP contribution in [0.5, 0.6) is 0 Å². The van der Waals surface area contributed by atoms with Gasteiger partial charge in [-0.3, -0.25) is 9.36 Å². The van der Waals surface area contributed by atoms with Gasteiger partial charge in [0.05, 0.1) is 17.1 Å². The van der Waals surface area contributed by atoms with Crippen molar-refractivity contribution in [3.05, 3.63) is 34.7 Å². The molecule has 1 aromatic carbocycles. The van der Waals surface area contributed by atoms with Crippen molar-refractivity contribution in [2.24, 2.45) is 11.1 Å². The van der Waals surface area contributed by atoms with Crippen molar-refractivity contribution >= 4 is 16.9 Å². The van der Waals surface area contributed by atoms with Crippen molar-refractivity contribution in [2.45, 2.75) is 57.7 Å². The first-order valence-electron chi connectivity index (χ1n) is 10.2. The van der Waals surface area contributed by atoms with Gasteiger partial charge < -0.3 is 20.4 Å². The third kappa shape index (κ3) is 2.71. The lowest BCUT2D eigenvalue weighted by molar-refractivity contribution is -0.180. The smallest absolute Gasteiger partial charge is 0.326 e. The number of benzene rings is 1. The summed E-state index contributed by atoms with van der Waals surface area (Å²) < 4.78 is 7.59. The van der Waals surface area contributed by atoms with Gasteiger partial charge in [0.1, 0.15) is 5.54 Å². The molecule has 0 bridgehead atoms. The third-order valence-electron chi connectivity index (χ3n) is 6.95. The summed E-state index contributed by atoms with van der Waals surface area (Å²) in [7, 11) is 0. The van der Waals surface area contributed by atoms with Gasteiger partial charge in [0.2, 0.25) is 5.91 Å². The Morgan fingerprint density at radius 2 is 1.96 bits per heavy atom. The number of H-pyrrole nitrogens is 1. The Labute approximate surface area is 164 Å². The van der Waals surface area contributed by atoms with Crippen molar-refractivity contribution in [3.63, 3.8) is 0 Å². The minimum Gasteiger partial charge on any atom is -0.378 e. The number of fused-ring (bicyclic) bond motifs is 1. The molecule has 1 aromatic heterocycles. The molecule has 2 heterocycles. The van der Waals surface area contributed by atoms with Gasteiger partial charge in [-0.1, -0.05) is 26.0 Å². The maximum atomic E-state index is 13.2. The lowest BCUT2D eigenvalue weighted by Crippen LogP contribution is -2.76. The number of rotatable bonds is 4. The van der Waals surface area contributed by atoms with E-state index in [1.165, 1.54) is 0 Å². The van der Waals surface area contributed by atoms with E-state index in [2.05, 4.69) is 4.98 Å². The number of carbonyl (C=O) groups excluding carboxylic acids is 1. The predicted molar refractivity (Wildman–Crippen MR) is 108 cm³/mol. The van der Waals surface area contributed by atoms with E-state index < -0.39 is 5.54 Å². The fourth-order valence-electron chi connectivity index (χ4n) is 4.84. The molecule has 1 amide bonds. The number of piperidine rings is 1. The quantitative estimate of drug-likeness (QED) is 0.841. The van der Waals surface area contributed by atoms with Gasteiger partial charge in [0.15, 0.2) is 0 Å². The van der Waals surface area contributed by atoms with E-state index in [1.54, 1.807) is 0 Å². The normalized spacial score (nSPS) is 27.7. The summed E-state index contributed by atoms with van der Waals surface area (Å²) in [6.07, 6.45) is 2.08. The van der Waals surface area contributed by atoms with Gasteiger partial charge >= 0.3 is 5.69 Å². The van der Waals surface area contributed by atoms with E-state index in [0.717, 1.165) is 23.9 Å². The minimum atomic E-state index is -0.878. The third-order valence-corrected chi connectivity index (χ3v) is 6.95. The van der Waals surface area contributed by atoms with E-state index in [1.807, 2.05) is 54.5 Å². The van der Waals surface area contributed by atoms with Crippen molar-refractivity contribution in [3.8, 4) is 0 Å². The molecule has 2 fully saturated rings. The van der Waals surface area contributed by atoms with Crippen LogP contribution in [-0.4, -0.2) is 51.7 Å². The number of aromatic nitrogens is 2. The highest BCUT2D eigenvalue weighted by atomic mass is 16.5. The zero-order chi connectivity index (χ0) is 20.1. The zero-order valence-electron chi connectivity index (χ0n) is 16.9. The second kappa shape index (κ2) is 6.74. The van der Waals surface area contributed by atoms with Crippen LogP contribution in [0.15, 0.2) is 29.1 Å². The zero-order valence-corrected chi connectivity index (χ0v) is 16.9.